The first-order chi connectivity index (χ1) is 11.2. The maximum absolute atomic E-state index is 11.9. The summed E-state index contributed by atoms with van der Waals surface area (Å²) in [4.78, 5) is 23.7. The molecular weight excluding hydrogens is 312 g/mol. The lowest BCUT2D eigenvalue weighted by Crippen LogP contribution is -2.43. The van der Waals surface area contributed by atoms with Gasteiger partial charge in [-0.3, -0.25) is 14.3 Å². The van der Waals surface area contributed by atoms with Gasteiger partial charge in [0.25, 0.3) is 0 Å². The molecule has 128 valence electrons. The Bertz CT molecular complexity index is 446. The Labute approximate surface area is 142 Å². The SMILES string of the molecule is N#C[C@H](C[C@@H]1CCCNC1=O)NC(=O)CNSC1CCCCC1. The highest BCUT2D eigenvalue weighted by Crippen LogP contribution is 2.26. The van der Waals surface area contributed by atoms with Crippen LogP contribution in [0.15, 0.2) is 0 Å². The monoisotopic (exact) mass is 338 g/mol. The van der Waals surface area contributed by atoms with Crippen molar-refractivity contribution in [1.82, 2.24) is 15.4 Å². The van der Waals surface area contributed by atoms with Gasteiger partial charge in [0.05, 0.1) is 12.6 Å². The number of carbonyl (C=O) groups excluding carboxylic acids is 2. The van der Waals surface area contributed by atoms with E-state index >= 15 is 0 Å². The van der Waals surface area contributed by atoms with Crippen LogP contribution in [0, 0.1) is 17.2 Å². The molecule has 2 rings (SSSR count). The summed E-state index contributed by atoms with van der Waals surface area (Å²) >= 11 is 1.64. The van der Waals surface area contributed by atoms with E-state index in [-0.39, 0.29) is 24.3 Å². The zero-order valence-electron chi connectivity index (χ0n) is 13.5. The highest BCUT2D eigenvalue weighted by molar-refractivity contribution is 7.98. The van der Waals surface area contributed by atoms with Crippen molar-refractivity contribution < 1.29 is 9.59 Å². The van der Waals surface area contributed by atoms with Crippen LogP contribution in [-0.4, -0.2) is 36.2 Å². The molecule has 2 aliphatic rings. The van der Waals surface area contributed by atoms with Crippen molar-refractivity contribution in [3.8, 4) is 6.07 Å². The van der Waals surface area contributed by atoms with Crippen LogP contribution in [0.2, 0.25) is 0 Å². The molecule has 0 aromatic heterocycles. The van der Waals surface area contributed by atoms with E-state index in [1.807, 2.05) is 0 Å². The molecule has 3 N–H and O–H groups in total. The number of carbonyl (C=O) groups is 2. The summed E-state index contributed by atoms with van der Waals surface area (Å²) in [7, 11) is 0. The molecule has 7 heteroatoms. The van der Waals surface area contributed by atoms with Gasteiger partial charge in [-0.25, -0.2) is 0 Å². The Morgan fingerprint density at radius 1 is 1.30 bits per heavy atom. The molecule has 6 nitrogen and oxygen atoms in total. The lowest BCUT2D eigenvalue weighted by atomic mass is 9.92. The van der Waals surface area contributed by atoms with Crippen molar-refractivity contribution in [3.63, 3.8) is 0 Å². The average molecular weight is 338 g/mol. The second-order valence-corrected chi connectivity index (χ2v) is 7.51. The number of piperidine rings is 1. The predicted molar refractivity (Wildman–Crippen MR) is 90.4 cm³/mol. The molecular formula is C16H26N4O2S. The van der Waals surface area contributed by atoms with E-state index in [0.717, 1.165) is 12.8 Å². The van der Waals surface area contributed by atoms with Gasteiger partial charge in [0, 0.05) is 17.7 Å². The summed E-state index contributed by atoms with van der Waals surface area (Å²) < 4.78 is 3.11. The second-order valence-electron chi connectivity index (χ2n) is 6.31. The number of amides is 2. The molecule has 2 fully saturated rings. The van der Waals surface area contributed by atoms with Crippen LogP contribution in [0.4, 0.5) is 0 Å². The molecule has 1 aliphatic heterocycles. The van der Waals surface area contributed by atoms with Crippen molar-refractivity contribution in [2.24, 2.45) is 5.92 Å². The first kappa shape index (κ1) is 18.1. The Morgan fingerprint density at radius 2 is 2.09 bits per heavy atom. The number of hydrogen-bond donors (Lipinski definition) is 3. The maximum atomic E-state index is 11.9. The third-order valence-corrected chi connectivity index (χ3v) is 5.56. The molecule has 1 saturated heterocycles. The highest BCUT2D eigenvalue weighted by Gasteiger charge is 2.26. The fraction of sp³-hybridized carbons (Fsp3) is 0.812. The molecule has 0 bridgehead atoms. The zero-order valence-corrected chi connectivity index (χ0v) is 14.3. The fourth-order valence-corrected chi connectivity index (χ4v) is 4.16. The minimum Gasteiger partial charge on any atom is -0.356 e. The first-order valence-corrected chi connectivity index (χ1v) is 9.42. The number of nitrogens with zero attached hydrogens (tertiary/aromatic N) is 1. The molecule has 1 saturated carbocycles. The molecule has 0 unspecified atom stereocenters. The summed E-state index contributed by atoms with van der Waals surface area (Å²) in [5.74, 6) is -0.355. The third-order valence-electron chi connectivity index (χ3n) is 4.45. The van der Waals surface area contributed by atoms with Gasteiger partial charge in [0.2, 0.25) is 11.8 Å². The van der Waals surface area contributed by atoms with Crippen molar-refractivity contribution in [2.75, 3.05) is 13.1 Å². The molecule has 0 spiro atoms. The lowest BCUT2D eigenvalue weighted by molar-refractivity contribution is -0.127. The highest BCUT2D eigenvalue weighted by atomic mass is 32.2. The summed E-state index contributed by atoms with van der Waals surface area (Å²) in [5, 5.41) is 15.3. The van der Waals surface area contributed by atoms with Gasteiger partial charge >= 0.3 is 0 Å². The van der Waals surface area contributed by atoms with E-state index in [0.29, 0.717) is 18.2 Å². The van der Waals surface area contributed by atoms with Gasteiger partial charge < -0.3 is 10.6 Å². The maximum Gasteiger partial charge on any atom is 0.235 e. The van der Waals surface area contributed by atoms with Gasteiger partial charge in [-0.05, 0) is 32.1 Å². The minimum absolute atomic E-state index is 0.00303. The lowest BCUT2D eigenvalue weighted by Gasteiger charge is -2.24. The van der Waals surface area contributed by atoms with Crippen LogP contribution in [-0.2, 0) is 9.59 Å². The van der Waals surface area contributed by atoms with Crippen molar-refractivity contribution in [1.29, 1.82) is 5.26 Å². The number of hydrogen-bond acceptors (Lipinski definition) is 5. The standard InChI is InChI=1S/C16H26N4O2S/c17-10-13(9-12-5-4-8-18-16(12)22)20-15(21)11-19-23-14-6-2-1-3-7-14/h12-14,19H,1-9,11H2,(H,18,22)(H,20,21)/t12-,13-/m0/s1. The summed E-state index contributed by atoms with van der Waals surface area (Å²) in [5.41, 5.74) is 0. The second kappa shape index (κ2) is 9.78. The molecule has 0 aromatic rings. The largest absolute Gasteiger partial charge is 0.356 e. The minimum atomic E-state index is -0.599. The molecule has 1 heterocycles. The van der Waals surface area contributed by atoms with Crippen molar-refractivity contribution >= 4 is 23.8 Å². The van der Waals surface area contributed by atoms with Crippen molar-refractivity contribution in [2.45, 2.75) is 62.7 Å². The summed E-state index contributed by atoms with van der Waals surface area (Å²) in [6, 6.07) is 1.49. The van der Waals surface area contributed by atoms with Gasteiger partial charge in [0.15, 0.2) is 0 Å². The van der Waals surface area contributed by atoms with Crippen LogP contribution in [0.3, 0.4) is 0 Å². The average Bonchev–Trinajstić information content (AvgIpc) is 2.57. The van der Waals surface area contributed by atoms with Gasteiger partial charge in [-0.2, -0.15) is 5.26 Å². The predicted octanol–water partition coefficient (Wildman–Crippen LogP) is 1.48. The first-order valence-electron chi connectivity index (χ1n) is 8.54. The molecule has 0 radical (unpaired) electrons. The van der Waals surface area contributed by atoms with Gasteiger partial charge in [0.1, 0.15) is 6.04 Å². The smallest absolute Gasteiger partial charge is 0.235 e. The van der Waals surface area contributed by atoms with Crippen molar-refractivity contribution in [3.05, 3.63) is 0 Å². The molecule has 23 heavy (non-hydrogen) atoms. The fourth-order valence-electron chi connectivity index (χ4n) is 3.14. The number of nitriles is 1. The quantitative estimate of drug-likeness (QED) is 0.611. The molecule has 2 amide bonds. The molecule has 1 aliphatic carbocycles. The van der Waals surface area contributed by atoms with E-state index in [1.165, 1.54) is 32.1 Å². The molecule has 2 atom stereocenters. The van der Waals surface area contributed by atoms with Gasteiger partial charge in [-0.15, -0.1) is 0 Å². The van der Waals surface area contributed by atoms with Crippen LogP contribution < -0.4 is 15.4 Å². The van der Waals surface area contributed by atoms with E-state index in [2.05, 4.69) is 21.4 Å². The Hall–Kier alpha value is -1.26. The van der Waals surface area contributed by atoms with E-state index in [1.54, 1.807) is 11.9 Å². The zero-order chi connectivity index (χ0) is 16.5. The normalized spacial score (nSPS) is 23.6. The third kappa shape index (κ3) is 6.40. The van der Waals surface area contributed by atoms with E-state index in [4.69, 9.17) is 0 Å². The summed E-state index contributed by atoms with van der Waals surface area (Å²) in [6.07, 6.45) is 8.38. The van der Waals surface area contributed by atoms with Crippen LogP contribution in [0.25, 0.3) is 0 Å². The Balaban J connectivity index is 1.65. The molecule has 0 aromatic carbocycles. The topological polar surface area (TPSA) is 94.0 Å². The van der Waals surface area contributed by atoms with Crippen LogP contribution >= 0.6 is 11.9 Å². The van der Waals surface area contributed by atoms with E-state index in [9.17, 15) is 14.9 Å². The van der Waals surface area contributed by atoms with Crippen LogP contribution in [0.1, 0.15) is 51.4 Å². The Kier molecular flexibility index (Phi) is 7.69. The van der Waals surface area contributed by atoms with Gasteiger partial charge in [-0.1, -0.05) is 31.2 Å². The van der Waals surface area contributed by atoms with E-state index < -0.39 is 6.04 Å². The number of nitrogens with one attached hydrogen (secondary N) is 3. The Morgan fingerprint density at radius 3 is 2.78 bits per heavy atom. The van der Waals surface area contributed by atoms with Crippen LogP contribution in [0.5, 0.6) is 0 Å². The number of rotatable bonds is 7. The summed E-state index contributed by atoms with van der Waals surface area (Å²) in [6.45, 7) is 0.914.